The molecular formula is C9H13NO2S. The Bertz CT molecular complexity index is 278. The third kappa shape index (κ3) is 2.82. The maximum Gasteiger partial charge on any atom is 0.141 e. The van der Waals surface area contributed by atoms with E-state index < -0.39 is 0 Å². The molecule has 0 amide bonds. The van der Waals surface area contributed by atoms with Crippen LogP contribution in [0.2, 0.25) is 0 Å². The highest BCUT2D eigenvalue weighted by molar-refractivity contribution is 7.93. The van der Waals surface area contributed by atoms with E-state index >= 15 is 0 Å². The molecule has 0 saturated carbocycles. The average Bonchev–Trinajstić information content (AvgIpc) is 2.15. The second kappa shape index (κ2) is 4.99. The third-order valence-corrected chi connectivity index (χ3v) is 2.32. The first-order valence-corrected chi connectivity index (χ1v) is 4.77. The van der Waals surface area contributed by atoms with Crippen molar-refractivity contribution in [3.05, 3.63) is 23.8 Å². The van der Waals surface area contributed by atoms with Crippen molar-refractivity contribution in [3.8, 4) is 5.75 Å². The number of rotatable bonds is 4. The van der Waals surface area contributed by atoms with Gasteiger partial charge in [-0.25, -0.2) is 0 Å². The van der Waals surface area contributed by atoms with E-state index in [1.165, 1.54) is 12.0 Å². The van der Waals surface area contributed by atoms with Crippen LogP contribution in [0.5, 0.6) is 5.75 Å². The maximum atomic E-state index is 5.73. The van der Waals surface area contributed by atoms with E-state index in [0.717, 1.165) is 11.3 Å². The molecule has 0 saturated heterocycles. The molecule has 3 nitrogen and oxygen atoms in total. The molecule has 13 heavy (non-hydrogen) atoms. The van der Waals surface area contributed by atoms with Crippen LogP contribution in [0.3, 0.4) is 0 Å². The van der Waals surface area contributed by atoms with Crippen molar-refractivity contribution < 1.29 is 8.92 Å². The van der Waals surface area contributed by atoms with Crippen LogP contribution < -0.4 is 10.5 Å². The molecule has 2 N–H and O–H groups in total. The van der Waals surface area contributed by atoms with Gasteiger partial charge in [-0.2, -0.15) is 0 Å². The quantitative estimate of drug-likeness (QED) is 0.595. The lowest BCUT2D eigenvalue weighted by atomic mass is 10.2. The lowest BCUT2D eigenvalue weighted by molar-refractivity contribution is 0.417. The molecule has 1 rings (SSSR count). The molecule has 0 aliphatic carbocycles. The summed E-state index contributed by atoms with van der Waals surface area (Å²) in [6, 6.07) is 5.73. The van der Waals surface area contributed by atoms with Gasteiger partial charge in [0, 0.05) is 5.75 Å². The molecule has 0 heterocycles. The lowest BCUT2D eigenvalue weighted by Gasteiger charge is -2.05. The van der Waals surface area contributed by atoms with Crippen LogP contribution >= 0.6 is 12.0 Å². The Balaban J connectivity index is 2.71. The van der Waals surface area contributed by atoms with Crippen molar-refractivity contribution >= 4 is 17.7 Å². The van der Waals surface area contributed by atoms with Gasteiger partial charge in [-0.3, -0.25) is 0 Å². The molecule has 1 aromatic carbocycles. The van der Waals surface area contributed by atoms with E-state index in [1.54, 1.807) is 14.2 Å². The predicted octanol–water partition coefficient (Wildman–Crippen LogP) is 2.07. The number of anilines is 1. The van der Waals surface area contributed by atoms with Gasteiger partial charge in [0.2, 0.25) is 0 Å². The summed E-state index contributed by atoms with van der Waals surface area (Å²) < 4.78 is 9.93. The number of hydrogen-bond donors (Lipinski definition) is 1. The average molecular weight is 199 g/mol. The van der Waals surface area contributed by atoms with Crippen LogP contribution in [0.4, 0.5) is 5.69 Å². The molecule has 72 valence electrons. The number of benzene rings is 1. The van der Waals surface area contributed by atoms with Crippen LogP contribution in [0.1, 0.15) is 5.56 Å². The molecule has 0 atom stereocenters. The molecule has 0 radical (unpaired) electrons. The van der Waals surface area contributed by atoms with Gasteiger partial charge in [-0.1, -0.05) is 6.07 Å². The Labute approximate surface area is 82.4 Å². The van der Waals surface area contributed by atoms with Crippen molar-refractivity contribution in [2.24, 2.45) is 0 Å². The van der Waals surface area contributed by atoms with Gasteiger partial charge in [0.25, 0.3) is 0 Å². The van der Waals surface area contributed by atoms with E-state index in [-0.39, 0.29) is 0 Å². The zero-order valence-electron chi connectivity index (χ0n) is 7.74. The Morgan fingerprint density at radius 2 is 2.15 bits per heavy atom. The van der Waals surface area contributed by atoms with Gasteiger partial charge in [-0.05, 0) is 29.7 Å². The maximum absolute atomic E-state index is 5.73. The smallest absolute Gasteiger partial charge is 0.141 e. The minimum Gasteiger partial charge on any atom is -0.495 e. The second-order valence-electron chi connectivity index (χ2n) is 2.51. The molecule has 4 heteroatoms. The number of methoxy groups -OCH3 is 1. The first kappa shape index (κ1) is 10.2. The molecular weight excluding hydrogens is 186 g/mol. The van der Waals surface area contributed by atoms with E-state index in [0.29, 0.717) is 11.4 Å². The topological polar surface area (TPSA) is 44.5 Å². The molecule has 0 aliphatic heterocycles. The number of ether oxygens (including phenoxy) is 1. The zero-order valence-corrected chi connectivity index (χ0v) is 8.56. The largest absolute Gasteiger partial charge is 0.495 e. The fraction of sp³-hybridized carbons (Fsp3) is 0.333. The standard InChI is InChI=1S/C9H13NO2S/c1-11-9-4-3-7(5-8(9)10)6-13-12-2/h3-5H,6,10H2,1-2H3. The molecule has 1 aromatic rings. The van der Waals surface area contributed by atoms with Crippen LogP contribution in [0, 0.1) is 0 Å². The van der Waals surface area contributed by atoms with Crippen LogP contribution in [0.25, 0.3) is 0 Å². The summed E-state index contributed by atoms with van der Waals surface area (Å²) in [5, 5.41) is 0. The van der Waals surface area contributed by atoms with Crippen LogP contribution in [-0.2, 0) is 9.94 Å². The van der Waals surface area contributed by atoms with Crippen molar-refractivity contribution in [1.82, 2.24) is 0 Å². The number of nitrogen functional groups attached to an aromatic ring is 1. The third-order valence-electron chi connectivity index (χ3n) is 1.64. The first-order valence-electron chi connectivity index (χ1n) is 3.86. The summed E-state index contributed by atoms with van der Waals surface area (Å²) in [5.41, 5.74) is 7.52. The molecule has 0 aromatic heterocycles. The lowest BCUT2D eigenvalue weighted by Crippen LogP contribution is -1.93. The van der Waals surface area contributed by atoms with Crippen LogP contribution in [0.15, 0.2) is 18.2 Å². The number of nitrogens with two attached hydrogens (primary N) is 1. The van der Waals surface area contributed by atoms with Gasteiger partial charge in [0.05, 0.1) is 19.9 Å². The van der Waals surface area contributed by atoms with Crippen molar-refractivity contribution in [1.29, 1.82) is 0 Å². The molecule has 0 bridgehead atoms. The monoisotopic (exact) mass is 199 g/mol. The summed E-state index contributed by atoms with van der Waals surface area (Å²) >= 11 is 1.39. The van der Waals surface area contributed by atoms with E-state index in [2.05, 4.69) is 0 Å². The Morgan fingerprint density at radius 1 is 1.38 bits per heavy atom. The van der Waals surface area contributed by atoms with Crippen molar-refractivity contribution in [3.63, 3.8) is 0 Å². The minimum atomic E-state index is 0.664. The highest BCUT2D eigenvalue weighted by Crippen LogP contribution is 2.23. The van der Waals surface area contributed by atoms with Crippen LogP contribution in [-0.4, -0.2) is 14.2 Å². The first-order chi connectivity index (χ1) is 6.27. The predicted molar refractivity (Wildman–Crippen MR) is 55.7 cm³/mol. The minimum absolute atomic E-state index is 0.664. The zero-order chi connectivity index (χ0) is 9.68. The van der Waals surface area contributed by atoms with Gasteiger partial charge in [0.15, 0.2) is 0 Å². The molecule has 0 unspecified atom stereocenters. The SMILES string of the molecule is COSCc1ccc(OC)c(N)c1. The molecule has 0 fully saturated rings. The fourth-order valence-electron chi connectivity index (χ4n) is 1.00. The van der Waals surface area contributed by atoms with Gasteiger partial charge < -0.3 is 14.7 Å². The number of hydrogen-bond acceptors (Lipinski definition) is 4. The Hall–Kier alpha value is -0.870. The second-order valence-corrected chi connectivity index (χ2v) is 3.36. The van der Waals surface area contributed by atoms with E-state index in [4.69, 9.17) is 14.7 Å². The van der Waals surface area contributed by atoms with Crippen molar-refractivity contribution in [2.75, 3.05) is 20.0 Å². The summed E-state index contributed by atoms with van der Waals surface area (Å²) in [6.07, 6.45) is 0. The highest BCUT2D eigenvalue weighted by Gasteiger charge is 2.00. The summed E-state index contributed by atoms with van der Waals surface area (Å²) in [4.78, 5) is 0. The Morgan fingerprint density at radius 3 is 2.69 bits per heavy atom. The normalized spacial score (nSPS) is 10.0. The highest BCUT2D eigenvalue weighted by atomic mass is 32.2. The summed E-state index contributed by atoms with van der Waals surface area (Å²) in [6.45, 7) is 0. The van der Waals surface area contributed by atoms with E-state index in [1.807, 2.05) is 18.2 Å². The summed E-state index contributed by atoms with van der Waals surface area (Å²) in [5.74, 6) is 1.51. The molecule has 0 spiro atoms. The van der Waals surface area contributed by atoms with Gasteiger partial charge in [0.1, 0.15) is 5.75 Å². The molecule has 0 aliphatic rings. The van der Waals surface area contributed by atoms with Gasteiger partial charge in [-0.15, -0.1) is 0 Å². The van der Waals surface area contributed by atoms with Crippen molar-refractivity contribution in [2.45, 2.75) is 5.75 Å². The van der Waals surface area contributed by atoms with E-state index in [9.17, 15) is 0 Å². The summed E-state index contributed by atoms with van der Waals surface area (Å²) in [7, 11) is 3.26. The Kier molecular flexibility index (Phi) is 3.92. The fourth-order valence-corrected chi connectivity index (χ4v) is 1.43. The van der Waals surface area contributed by atoms with Gasteiger partial charge >= 0.3 is 0 Å².